The van der Waals surface area contributed by atoms with Gasteiger partial charge in [0.05, 0.1) is 0 Å². The van der Waals surface area contributed by atoms with E-state index in [9.17, 15) is 9.59 Å². The van der Waals surface area contributed by atoms with Crippen LogP contribution in [0.5, 0.6) is 0 Å². The van der Waals surface area contributed by atoms with E-state index in [4.69, 9.17) is 0 Å². The first kappa shape index (κ1) is 17.5. The highest BCUT2D eigenvalue weighted by atomic mass is 16.2. The Morgan fingerprint density at radius 1 is 1.22 bits per heavy atom. The second-order valence-electron chi connectivity index (χ2n) is 6.15. The van der Waals surface area contributed by atoms with E-state index in [0.717, 1.165) is 19.5 Å². The van der Waals surface area contributed by atoms with Crippen molar-refractivity contribution in [2.45, 2.75) is 52.0 Å². The Labute approximate surface area is 138 Å². The number of carbonyl (C=O) groups is 2. The number of anilines is 2. The van der Waals surface area contributed by atoms with E-state index in [1.165, 1.54) is 26.2 Å². The highest BCUT2D eigenvalue weighted by Crippen LogP contribution is 2.20. The largest absolute Gasteiger partial charge is 0.326 e. The Balaban J connectivity index is 1.83. The second kappa shape index (κ2) is 8.67. The topological polar surface area (TPSA) is 61.4 Å². The first-order chi connectivity index (χ1) is 11.1. The summed E-state index contributed by atoms with van der Waals surface area (Å²) in [5.41, 5.74) is 1.41. The number of benzene rings is 1. The number of carbonyl (C=O) groups excluding carboxylic acids is 2. The van der Waals surface area contributed by atoms with Crippen LogP contribution in [-0.4, -0.2) is 35.8 Å². The lowest BCUT2D eigenvalue weighted by Crippen LogP contribution is -2.40. The Morgan fingerprint density at radius 3 is 2.65 bits per heavy atom. The maximum absolute atomic E-state index is 12.2. The van der Waals surface area contributed by atoms with Crippen LogP contribution in [0.1, 0.15) is 46.0 Å². The van der Waals surface area contributed by atoms with Gasteiger partial charge < -0.3 is 10.6 Å². The highest BCUT2D eigenvalue weighted by Gasteiger charge is 2.20. The molecule has 1 aliphatic rings. The Kier molecular flexibility index (Phi) is 6.59. The summed E-state index contributed by atoms with van der Waals surface area (Å²) in [6.07, 6.45) is 5.44. The third kappa shape index (κ3) is 5.67. The summed E-state index contributed by atoms with van der Waals surface area (Å²) in [5, 5.41) is 5.63. The van der Waals surface area contributed by atoms with Gasteiger partial charge in [-0.15, -0.1) is 0 Å². The van der Waals surface area contributed by atoms with Gasteiger partial charge in [-0.2, -0.15) is 0 Å². The number of piperidine rings is 1. The molecule has 126 valence electrons. The maximum Gasteiger partial charge on any atom is 0.225 e. The molecule has 2 N–H and O–H groups in total. The minimum atomic E-state index is -0.121. The molecule has 1 fully saturated rings. The molecule has 23 heavy (non-hydrogen) atoms. The van der Waals surface area contributed by atoms with Crippen molar-refractivity contribution in [3.63, 3.8) is 0 Å². The van der Waals surface area contributed by atoms with E-state index in [1.807, 2.05) is 12.1 Å². The normalized spacial score (nSPS) is 18.4. The number of hydrogen-bond acceptors (Lipinski definition) is 3. The third-order valence-corrected chi connectivity index (χ3v) is 4.31. The number of hydrogen-bond donors (Lipinski definition) is 2. The number of rotatable bonds is 6. The molecular formula is C18H27N3O2. The average molecular weight is 317 g/mol. The van der Waals surface area contributed by atoms with Gasteiger partial charge in [0.1, 0.15) is 0 Å². The minimum absolute atomic E-state index is 0.0189. The van der Waals surface area contributed by atoms with Gasteiger partial charge in [0.25, 0.3) is 0 Å². The molecule has 1 aromatic rings. The molecule has 2 rings (SSSR count). The zero-order valence-corrected chi connectivity index (χ0v) is 14.1. The van der Waals surface area contributed by atoms with Crippen molar-refractivity contribution < 1.29 is 9.59 Å². The van der Waals surface area contributed by atoms with Crippen molar-refractivity contribution in [1.29, 1.82) is 0 Å². The van der Waals surface area contributed by atoms with Gasteiger partial charge >= 0.3 is 0 Å². The van der Waals surface area contributed by atoms with Gasteiger partial charge in [-0.3, -0.25) is 14.5 Å². The zero-order valence-electron chi connectivity index (χ0n) is 14.1. The molecule has 0 aromatic heterocycles. The van der Waals surface area contributed by atoms with Crippen LogP contribution < -0.4 is 10.6 Å². The number of amides is 2. The fourth-order valence-corrected chi connectivity index (χ4v) is 3.16. The molecule has 0 radical (unpaired) electrons. The maximum atomic E-state index is 12.2. The summed E-state index contributed by atoms with van der Waals surface area (Å²) in [4.78, 5) is 25.7. The van der Waals surface area contributed by atoms with Crippen molar-refractivity contribution in [3.05, 3.63) is 24.3 Å². The summed E-state index contributed by atoms with van der Waals surface area (Å²) >= 11 is 0. The first-order valence-corrected chi connectivity index (χ1v) is 8.50. The molecule has 5 nitrogen and oxygen atoms in total. The summed E-state index contributed by atoms with van der Waals surface area (Å²) in [7, 11) is 0. The molecule has 0 aliphatic carbocycles. The van der Waals surface area contributed by atoms with Gasteiger partial charge in [-0.05, 0) is 44.0 Å². The van der Waals surface area contributed by atoms with Gasteiger partial charge in [-0.25, -0.2) is 0 Å². The van der Waals surface area contributed by atoms with Crippen molar-refractivity contribution in [3.8, 4) is 0 Å². The Hall–Kier alpha value is -1.88. The van der Waals surface area contributed by atoms with Gasteiger partial charge in [-0.1, -0.05) is 19.4 Å². The summed E-state index contributed by atoms with van der Waals surface area (Å²) < 4.78 is 0. The minimum Gasteiger partial charge on any atom is -0.326 e. The predicted molar refractivity (Wildman–Crippen MR) is 93.5 cm³/mol. The predicted octanol–water partition coefficient (Wildman–Crippen LogP) is 3.24. The molecule has 0 saturated carbocycles. The van der Waals surface area contributed by atoms with Crippen LogP contribution in [-0.2, 0) is 9.59 Å². The van der Waals surface area contributed by atoms with Gasteiger partial charge in [0, 0.05) is 37.3 Å². The van der Waals surface area contributed by atoms with Crippen LogP contribution >= 0.6 is 0 Å². The molecule has 2 amide bonds. The summed E-state index contributed by atoms with van der Waals surface area (Å²) in [6.45, 7) is 5.60. The van der Waals surface area contributed by atoms with Crippen LogP contribution in [0, 0.1) is 0 Å². The highest BCUT2D eigenvalue weighted by molar-refractivity contribution is 5.93. The monoisotopic (exact) mass is 317 g/mol. The Bertz CT molecular complexity index is 545. The third-order valence-electron chi connectivity index (χ3n) is 4.31. The standard InChI is InChI=1S/C18H27N3O2/c1-3-17-9-4-5-11-21(17)12-10-18(23)20-16-8-6-7-15(13-16)19-14(2)22/h6-8,13,17H,3-5,9-12H2,1-2H3,(H,19,22)(H,20,23). The quantitative estimate of drug-likeness (QED) is 0.847. The molecule has 1 heterocycles. The smallest absolute Gasteiger partial charge is 0.225 e. The SMILES string of the molecule is CCC1CCCCN1CCC(=O)Nc1cccc(NC(C)=O)c1. The number of likely N-dealkylation sites (tertiary alicyclic amines) is 1. The fourth-order valence-electron chi connectivity index (χ4n) is 3.16. The van der Waals surface area contributed by atoms with Crippen LogP contribution in [0.4, 0.5) is 11.4 Å². The lowest BCUT2D eigenvalue weighted by molar-refractivity contribution is -0.116. The van der Waals surface area contributed by atoms with Crippen molar-refractivity contribution in [1.82, 2.24) is 4.90 Å². The van der Waals surface area contributed by atoms with E-state index in [0.29, 0.717) is 23.8 Å². The van der Waals surface area contributed by atoms with Crippen LogP contribution in [0.2, 0.25) is 0 Å². The average Bonchev–Trinajstić information content (AvgIpc) is 2.53. The molecule has 0 spiro atoms. The fraction of sp³-hybridized carbons (Fsp3) is 0.556. The summed E-state index contributed by atoms with van der Waals surface area (Å²) in [5.74, 6) is -0.102. The molecular weight excluding hydrogens is 290 g/mol. The molecule has 1 saturated heterocycles. The van der Waals surface area contributed by atoms with Crippen LogP contribution in [0.15, 0.2) is 24.3 Å². The zero-order chi connectivity index (χ0) is 16.7. The molecule has 1 aromatic carbocycles. The van der Waals surface area contributed by atoms with Crippen molar-refractivity contribution >= 4 is 23.2 Å². The van der Waals surface area contributed by atoms with E-state index in [2.05, 4.69) is 22.5 Å². The number of nitrogens with zero attached hydrogens (tertiary/aromatic N) is 1. The van der Waals surface area contributed by atoms with Crippen LogP contribution in [0.25, 0.3) is 0 Å². The second-order valence-corrected chi connectivity index (χ2v) is 6.15. The van der Waals surface area contributed by atoms with Crippen LogP contribution in [0.3, 0.4) is 0 Å². The number of nitrogens with one attached hydrogen (secondary N) is 2. The molecule has 5 heteroatoms. The van der Waals surface area contributed by atoms with Gasteiger partial charge in [0.2, 0.25) is 11.8 Å². The van der Waals surface area contributed by atoms with Gasteiger partial charge in [0.15, 0.2) is 0 Å². The summed E-state index contributed by atoms with van der Waals surface area (Å²) in [6, 6.07) is 7.85. The van der Waals surface area contributed by atoms with E-state index in [-0.39, 0.29) is 11.8 Å². The first-order valence-electron chi connectivity index (χ1n) is 8.50. The molecule has 0 bridgehead atoms. The van der Waals surface area contributed by atoms with E-state index >= 15 is 0 Å². The van der Waals surface area contributed by atoms with Crippen molar-refractivity contribution in [2.75, 3.05) is 23.7 Å². The van der Waals surface area contributed by atoms with Crippen molar-refractivity contribution in [2.24, 2.45) is 0 Å². The molecule has 1 atom stereocenters. The molecule has 1 unspecified atom stereocenters. The lowest BCUT2D eigenvalue weighted by Gasteiger charge is -2.35. The molecule has 1 aliphatic heterocycles. The Morgan fingerprint density at radius 2 is 1.96 bits per heavy atom. The lowest BCUT2D eigenvalue weighted by atomic mass is 10.00. The van der Waals surface area contributed by atoms with E-state index in [1.54, 1.807) is 12.1 Å². The van der Waals surface area contributed by atoms with E-state index < -0.39 is 0 Å².